The summed E-state index contributed by atoms with van der Waals surface area (Å²) in [6.45, 7) is 5.58. The zero-order valence-electron chi connectivity index (χ0n) is 15.4. The van der Waals surface area contributed by atoms with Crippen LogP contribution in [0, 0.1) is 0 Å². The molecule has 0 aliphatic rings. The fourth-order valence-corrected chi connectivity index (χ4v) is 2.60. The van der Waals surface area contributed by atoms with Crippen molar-refractivity contribution in [2.24, 2.45) is 4.99 Å². The van der Waals surface area contributed by atoms with Gasteiger partial charge in [-0.2, -0.15) is 0 Å². The third-order valence-electron chi connectivity index (χ3n) is 3.89. The van der Waals surface area contributed by atoms with Crippen molar-refractivity contribution in [1.82, 2.24) is 9.78 Å². The van der Waals surface area contributed by atoms with Gasteiger partial charge >= 0.3 is 5.97 Å². The highest BCUT2D eigenvalue weighted by molar-refractivity contribution is 6.00. The van der Waals surface area contributed by atoms with Crippen molar-refractivity contribution in [2.45, 2.75) is 26.7 Å². The predicted octanol–water partition coefficient (Wildman–Crippen LogP) is 2.12. The van der Waals surface area contributed by atoms with Crippen LogP contribution in [0.3, 0.4) is 0 Å². The number of ether oxygens (including phenoxy) is 2. The van der Waals surface area contributed by atoms with Crippen LogP contribution in [0.5, 0.6) is 0 Å². The summed E-state index contributed by atoms with van der Waals surface area (Å²) in [6.07, 6.45) is 0.752. The van der Waals surface area contributed by atoms with E-state index in [1.165, 1.54) is 11.8 Å². The number of para-hydroxylation sites is 1. The number of carbonyl (C=O) groups is 1. The topological polar surface area (TPSA) is 85.7 Å². The minimum Gasteiger partial charge on any atom is -0.469 e. The van der Waals surface area contributed by atoms with Gasteiger partial charge < -0.3 is 9.47 Å². The average Bonchev–Trinajstić information content (AvgIpc) is 2.98. The molecule has 1 aromatic carbocycles. The Kier molecular flexibility index (Phi) is 7.35. The van der Waals surface area contributed by atoms with E-state index in [0.717, 1.165) is 6.42 Å². The van der Waals surface area contributed by atoms with Gasteiger partial charge in [0.15, 0.2) is 0 Å². The number of nitrogens with zero attached hydrogens (tertiary/aromatic N) is 2. The molecule has 0 amide bonds. The standard InChI is InChI=1S/C19H25N3O4/c1-4-26-12-8-11-20-14(2)18-16(13-17(23)25-3)21-22(19(18)24)15-9-6-5-7-10-15/h5-7,9-10,21H,4,8,11-13H2,1-3H3. The lowest BCUT2D eigenvalue weighted by atomic mass is 10.1. The Morgan fingerprint density at radius 3 is 2.65 bits per heavy atom. The van der Waals surface area contributed by atoms with Gasteiger partial charge in [0, 0.05) is 25.5 Å². The summed E-state index contributed by atoms with van der Waals surface area (Å²) < 4.78 is 11.5. The van der Waals surface area contributed by atoms with Crippen LogP contribution in [0.15, 0.2) is 40.1 Å². The first kappa shape index (κ1) is 19.7. The lowest BCUT2D eigenvalue weighted by Crippen LogP contribution is -2.20. The number of methoxy groups -OCH3 is 1. The number of aromatic nitrogens is 2. The zero-order chi connectivity index (χ0) is 18.9. The predicted molar refractivity (Wildman–Crippen MR) is 100 cm³/mol. The number of benzene rings is 1. The molecule has 2 rings (SSSR count). The molecule has 1 N–H and O–H groups in total. The van der Waals surface area contributed by atoms with Gasteiger partial charge in [-0.15, -0.1) is 0 Å². The molecule has 7 nitrogen and oxygen atoms in total. The van der Waals surface area contributed by atoms with E-state index < -0.39 is 5.97 Å². The first-order valence-corrected chi connectivity index (χ1v) is 8.63. The van der Waals surface area contributed by atoms with Gasteiger partial charge in [0.2, 0.25) is 0 Å². The minimum atomic E-state index is -0.420. The third kappa shape index (κ3) is 4.92. The average molecular weight is 359 g/mol. The van der Waals surface area contributed by atoms with Crippen molar-refractivity contribution in [3.8, 4) is 5.69 Å². The number of rotatable bonds is 9. The highest BCUT2D eigenvalue weighted by atomic mass is 16.5. The Bertz CT molecular complexity index is 806. The fourth-order valence-electron chi connectivity index (χ4n) is 2.60. The van der Waals surface area contributed by atoms with Crippen molar-refractivity contribution in [3.63, 3.8) is 0 Å². The van der Waals surface area contributed by atoms with Gasteiger partial charge in [0.05, 0.1) is 30.5 Å². The van der Waals surface area contributed by atoms with Gasteiger partial charge in [-0.25, -0.2) is 4.68 Å². The number of aromatic amines is 1. The van der Waals surface area contributed by atoms with Gasteiger partial charge in [0.1, 0.15) is 0 Å². The van der Waals surface area contributed by atoms with Crippen molar-refractivity contribution in [2.75, 3.05) is 26.9 Å². The maximum Gasteiger partial charge on any atom is 0.311 e. The largest absolute Gasteiger partial charge is 0.469 e. The summed E-state index contributed by atoms with van der Waals surface area (Å²) in [7, 11) is 1.32. The molecule has 0 aliphatic carbocycles. The Morgan fingerprint density at radius 1 is 1.27 bits per heavy atom. The highest BCUT2D eigenvalue weighted by Crippen LogP contribution is 2.10. The van der Waals surface area contributed by atoms with Crippen molar-refractivity contribution >= 4 is 11.7 Å². The highest BCUT2D eigenvalue weighted by Gasteiger charge is 2.20. The number of hydrogen-bond acceptors (Lipinski definition) is 5. The Balaban J connectivity index is 2.35. The summed E-state index contributed by atoms with van der Waals surface area (Å²) in [5.74, 6) is -0.420. The van der Waals surface area contributed by atoms with Crippen LogP contribution >= 0.6 is 0 Å². The third-order valence-corrected chi connectivity index (χ3v) is 3.89. The summed E-state index contributed by atoms with van der Waals surface area (Å²) >= 11 is 0. The van der Waals surface area contributed by atoms with E-state index in [2.05, 4.69) is 10.1 Å². The normalized spacial score (nSPS) is 11.6. The molecular weight excluding hydrogens is 334 g/mol. The van der Waals surface area contributed by atoms with Gasteiger partial charge in [0.25, 0.3) is 5.56 Å². The number of H-pyrrole nitrogens is 1. The first-order valence-electron chi connectivity index (χ1n) is 8.63. The van der Waals surface area contributed by atoms with Crippen LogP contribution in [-0.4, -0.2) is 48.3 Å². The van der Waals surface area contributed by atoms with E-state index in [4.69, 9.17) is 9.47 Å². The van der Waals surface area contributed by atoms with Crippen molar-refractivity contribution in [1.29, 1.82) is 0 Å². The molecule has 0 saturated carbocycles. The van der Waals surface area contributed by atoms with Crippen LogP contribution in [0.4, 0.5) is 0 Å². The van der Waals surface area contributed by atoms with E-state index in [0.29, 0.717) is 42.4 Å². The van der Waals surface area contributed by atoms with Crippen molar-refractivity contribution in [3.05, 3.63) is 51.9 Å². The molecule has 7 heteroatoms. The summed E-state index contributed by atoms with van der Waals surface area (Å²) in [5, 5.41) is 3.02. The van der Waals surface area contributed by atoms with Crippen molar-refractivity contribution < 1.29 is 14.3 Å². The molecule has 1 aromatic heterocycles. The molecule has 0 bridgehead atoms. The van der Waals surface area contributed by atoms with E-state index in [1.54, 1.807) is 6.92 Å². The fraction of sp³-hybridized carbons (Fsp3) is 0.421. The van der Waals surface area contributed by atoms with E-state index in [-0.39, 0.29) is 12.0 Å². The number of aliphatic imine (C=N–C) groups is 1. The van der Waals surface area contributed by atoms with E-state index in [9.17, 15) is 9.59 Å². The SMILES string of the molecule is CCOCCCN=C(C)c1c(CC(=O)OC)[nH]n(-c2ccccc2)c1=O. The second-order valence-electron chi connectivity index (χ2n) is 5.71. The lowest BCUT2D eigenvalue weighted by molar-refractivity contribution is -0.139. The summed E-state index contributed by atoms with van der Waals surface area (Å²) in [4.78, 5) is 29.1. The molecule has 26 heavy (non-hydrogen) atoms. The molecule has 0 unspecified atom stereocenters. The Labute approximate surface area is 152 Å². The molecule has 0 radical (unpaired) electrons. The summed E-state index contributed by atoms with van der Waals surface area (Å²) in [6, 6.07) is 9.20. The number of carbonyl (C=O) groups excluding carboxylic acids is 1. The van der Waals surface area contributed by atoms with E-state index in [1.807, 2.05) is 37.3 Å². The Morgan fingerprint density at radius 2 is 2.00 bits per heavy atom. The maximum atomic E-state index is 12.9. The molecular formula is C19H25N3O4. The van der Waals surface area contributed by atoms with Gasteiger partial charge in [-0.3, -0.25) is 19.7 Å². The molecule has 140 valence electrons. The monoisotopic (exact) mass is 359 g/mol. The molecule has 2 aromatic rings. The summed E-state index contributed by atoms with van der Waals surface area (Å²) in [5.41, 5.74) is 1.96. The molecule has 0 atom stereocenters. The smallest absolute Gasteiger partial charge is 0.311 e. The Hall–Kier alpha value is -2.67. The van der Waals surface area contributed by atoms with Crippen LogP contribution in [0.1, 0.15) is 31.5 Å². The number of hydrogen-bond donors (Lipinski definition) is 1. The van der Waals surface area contributed by atoms with Crippen LogP contribution in [-0.2, 0) is 20.7 Å². The maximum absolute atomic E-state index is 12.9. The van der Waals surface area contributed by atoms with Gasteiger partial charge in [-0.1, -0.05) is 18.2 Å². The van der Waals surface area contributed by atoms with Crippen LogP contribution in [0.25, 0.3) is 5.69 Å². The van der Waals surface area contributed by atoms with Crippen LogP contribution < -0.4 is 5.56 Å². The molecule has 0 saturated heterocycles. The van der Waals surface area contributed by atoms with Crippen LogP contribution in [0.2, 0.25) is 0 Å². The zero-order valence-corrected chi connectivity index (χ0v) is 15.4. The molecule has 0 spiro atoms. The second-order valence-corrected chi connectivity index (χ2v) is 5.71. The lowest BCUT2D eigenvalue weighted by Gasteiger charge is -2.02. The van der Waals surface area contributed by atoms with Gasteiger partial charge in [-0.05, 0) is 32.4 Å². The number of nitrogens with one attached hydrogen (secondary N) is 1. The number of esters is 1. The molecule has 1 heterocycles. The minimum absolute atomic E-state index is 0.0211. The molecule has 0 fully saturated rings. The molecule has 0 aliphatic heterocycles. The van der Waals surface area contributed by atoms with E-state index >= 15 is 0 Å². The second kappa shape index (κ2) is 9.72. The first-order chi connectivity index (χ1) is 12.6. The quantitative estimate of drug-likeness (QED) is 0.422.